The molecule has 1 heterocycles. The molecule has 25 heavy (non-hydrogen) atoms. The Kier molecular flexibility index (Phi) is 5.25. The first kappa shape index (κ1) is 16.9. The van der Waals surface area contributed by atoms with Gasteiger partial charge < -0.3 is 9.47 Å². The molecule has 0 amide bonds. The molecule has 6 nitrogen and oxygen atoms in total. The molecule has 0 aliphatic carbocycles. The topological polar surface area (TPSA) is 64.4 Å². The Morgan fingerprint density at radius 3 is 2.44 bits per heavy atom. The highest BCUT2D eigenvalue weighted by molar-refractivity contribution is 7.71. The Labute approximate surface area is 150 Å². The lowest BCUT2D eigenvalue weighted by molar-refractivity contribution is 0.340. The third kappa shape index (κ3) is 3.95. The molecule has 0 atom stereocenters. The number of hydrogen-bond donors (Lipinski definition) is 1. The van der Waals surface area contributed by atoms with Crippen LogP contribution in [0, 0.1) is 4.77 Å². The van der Waals surface area contributed by atoms with E-state index >= 15 is 0 Å². The average Bonchev–Trinajstić information content (AvgIpc) is 3.02. The molecule has 0 saturated carbocycles. The standard InChI is InChI=1S/C18H18N4O2S/c1-3-24-16-10-6-14(7-11-16)17-20-21-18(25)22(17)19-12-13-4-8-15(23-2)9-5-13/h4-12H,3H2,1-2H3,(H,21,25)/b19-12-. The summed E-state index contributed by atoms with van der Waals surface area (Å²) < 4.78 is 12.6. The number of H-pyrrole nitrogens is 1. The first-order chi connectivity index (χ1) is 12.2. The molecular formula is C18H18N4O2S. The van der Waals surface area contributed by atoms with Crippen molar-refractivity contribution in [2.24, 2.45) is 5.10 Å². The molecule has 1 aromatic heterocycles. The molecule has 0 radical (unpaired) electrons. The third-order valence-corrected chi connectivity index (χ3v) is 3.78. The maximum absolute atomic E-state index is 5.46. The van der Waals surface area contributed by atoms with Gasteiger partial charge in [-0.15, -0.1) is 0 Å². The van der Waals surface area contributed by atoms with E-state index in [9.17, 15) is 0 Å². The Morgan fingerprint density at radius 1 is 1.12 bits per heavy atom. The Morgan fingerprint density at radius 2 is 1.80 bits per heavy atom. The van der Waals surface area contributed by atoms with Crippen LogP contribution in [0.4, 0.5) is 0 Å². The number of methoxy groups -OCH3 is 1. The van der Waals surface area contributed by atoms with Crippen LogP contribution in [0.2, 0.25) is 0 Å². The van der Waals surface area contributed by atoms with Gasteiger partial charge in [-0.2, -0.15) is 14.9 Å². The smallest absolute Gasteiger partial charge is 0.216 e. The summed E-state index contributed by atoms with van der Waals surface area (Å²) in [5.74, 6) is 2.25. The van der Waals surface area contributed by atoms with Gasteiger partial charge in [-0.05, 0) is 73.2 Å². The van der Waals surface area contributed by atoms with Crippen molar-refractivity contribution in [3.8, 4) is 22.9 Å². The lowest BCUT2D eigenvalue weighted by Crippen LogP contribution is -1.96. The summed E-state index contributed by atoms with van der Waals surface area (Å²) in [4.78, 5) is 0. The summed E-state index contributed by atoms with van der Waals surface area (Å²) in [6.07, 6.45) is 1.73. The van der Waals surface area contributed by atoms with E-state index < -0.39 is 0 Å². The van der Waals surface area contributed by atoms with Crippen LogP contribution in [0.1, 0.15) is 12.5 Å². The third-order valence-electron chi connectivity index (χ3n) is 3.51. The number of aromatic amines is 1. The molecule has 1 N–H and O–H groups in total. The van der Waals surface area contributed by atoms with Gasteiger partial charge in [0.15, 0.2) is 5.82 Å². The number of aromatic nitrogens is 3. The minimum absolute atomic E-state index is 0.425. The van der Waals surface area contributed by atoms with Gasteiger partial charge in [-0.25, -0.2) is 5.10 Å². The van der Waals surface area contributed by atoms with Crippen LogP contribution in [0.25, 0.3) is 11.4 Å². The van der Waals surface area contributed by atoms with Crippen LogP contribution in [0.15, 0.2) is 53.6 Å². The fourth-order valence-electron chi connectivity index (χ4n) is 2.27. The first-order valence-electron chi connectivity index (χ1n) is 7.80. The van der Waals surface area contributed by atoms with Gasteiger partial charge in [0.2, 0.25) is 4.77 Å². The quantitative estimate of drug-likeness (QED) is 0.539. The van der Waals surface area contributed by atoms with E-state index in [-0.39, 0.29) is 0 Å². The van der Waals surface area contributed by atoms with Crippen LogP contribution in [-0.4, -0.2) is 34.8 Å². The van der Waals surface area contributed by atoms with Crippen molar-refractivity contribution in [3.05, 3.63) is 58.9 Å². The summed E-state index contributed by atoms with van der Waals surface area (Å²) in [7, 11) is 1.64. The maximum atomic E-state index is 5.46. The first-order valence-corrected chi connectivity index (χ1v) is 8.21. The minimum Gasteiger partial charge on any atom is -0.497 e. The second kappa shape index (κ2) is 7.76. The largest absolute Gasteiger partial charge is 0.497 e. The Balaban J connectivity index is 1.88. The molecule has 0 bridgehead atoms. The lowest BCUT2D eigenvalue weighted by atomic mass is 10.2. The number of rotatable bonds is 6. The molecule has 0 saturated heterocycles. The maximum Gasteiger partial charge on any atom is 0.216 e. The predicted octanol–water partition coefficient (Wildman–Crippen LogP) is 3.90. The molecular weight excluding hydrogens is 336 g/mol. The SMILES string of the molecule is CCOc1ccc(-c2n[nH]c(=S)n2/N=C\c2ccc(OC)cc2)cc1. The second-order valence-corrected chi connectivity index (χ2v) is 5.53. The van der Waals surface area contributed by atoms with E-state index in [1.165, 1.54) is 0 Å². The van der Waals surface area contributed by atoms with Crippen molar-refractivity contribution in [3.63, 3.8) is 0 Å². The summed E-state index contributed by atoms with van der Waals surface area (Å²) in [5.41, 5.74) is 1.82. The average molecular weight is 354 g/mol. The van der Waals surface area contributed by atoms with Crippen LogP contribution in [-0.2, 0) is 0 Å². The number of nitrogens with one attached hydrogen (secondary N) is 1. The van der Waals surface area contributed by atoms with E-state index in [1.807, 2.05) is 55.5 Å². The molecule has 3 rings (SSSR count). The number of ether oxygens (including phenoxy) is 2. The fraction of sp³-hybridized carbons (Fsp3) is 0.167. The van der Waals surface area contributed by atoms with Crippen LogP contribution >= 0.6 is 12.2 Å². The molecule has 0 aliphatic heterocycles. The normalized spacial score (nSPS) is 11.0. The fourth-order valence-corrected chi connectivity index (χ4v) is 2.45. The molecule has 0 fully saturated rings. The summed E-state index contributed by atoms with van der Waals surface area (Å²) in [6.45, 7) is 2.58. The zero-order chi connectivity index (χ0) is 17.6. The van der Waals surface area contributed by atoms with Crippen LogP contribution in [0.5, 0.6) is 11.5 Å². The van der Waals surface area contributed by atoms with Gasteiger partial charge in [0.05, 0.1) is 19.9 Å². The van der Waals surface area contributed by atoms with E-state index in [1.54, 1.807) is 18.0 Å². The summed E-state index contributed by atoms with van der Waals surface area (Å²) in [6, 6.07) is 15.2. The van der Waals surface area contributed by atoms with Gasteiger partial charge in [0.25, 0.3) is 0 Å². The highest BCUT2D eigenvalue weighted by Gasteiger charge is 2.08. The van der Waals surface area contributed by atoms with E-state index in [4.69, 9.17) is 21.7 Å². The molecule has 0 unspecified atom stereocenters. The second-order valence-electron chi connectivity index (χ2n) is 5.14. The van der Waals surface area contributed by atoms with Gasteiger partial charge >= 0.3 is 0 Å². The number of nitrogens with zero attached hydrogens (tertiary/aromatic N) is 3. The molecule has 7 heteroatoms. The number of benzene rings is 2. The summed E-state index contributed by atoms with van der Waals surface area (Å²) in [5, 5.41) is 11.5. The molecule has 0 aliphatic rings. The van der Waals surface area contributed by atoms with E-state index in [2.05, 4.69) is 15.3 Å². The molecule has 3 aromatic rings. The lowest BCUT2D eigenvalue weighted by Gasteiger charge is -2.04. The molecule has 128 valence electrons. The van der Waals surface area contributed by atoms with Crippen molar-refractivity contribution in [2.75, 3.05) is 13.7 Å². The van der Waals surface area contributed by atoms with Gasteiger partial charge in [0.1, 0.15) is 11.5 Å². The van der Waals surface area contributed by atoms with Gasteiger partial charge in [0, 0.05) is 5.56 Å². The zero-order valence-corrected chi connectivity index (χ0v) is 14.8. The van der Waals surface area contributed by atoms with Crippen molar-refractivity contribution in [1.82, 2.24) is 14.9 Å². The van der Waals surface area contributed by atoms with E-state index in [0.717, 1.165) is 22.6 Å². The minimum atomic E-state index is 0.425. The highest BCUT2D eigenvalue weighted by Crippen LogP contribution is 2.21. The van der Waals surface area contributed by atoms with Crippen molar-refractivity contribution in [1.29, 1.82) is 0 Å². The summed E-state index contributed by atoms with van der Waals surface area (Å²) >= 11 is 5.28. The van der Waals surface area contributed by atoms with Crippen molar-refractivity contribution < 1.29 is 9.47 Å². The van der Waals surface area contributed by atoms with Crippen molar-refractivity contribution >= 4 is 18.4 Å². The number of hydrogen-bond acceptors (Lipinski definition) is 5. The zero-order valence-electron chi connectivity index (χ0n) is 14.0. The van der Waals surface area contributed by atoms with Crippen LogP contribution in [0.3, 0.4) is 0 Å². The molecule has 2 aromatic carbocycles. The van der Waals surface area contributed by atoms with Gasteiger partial charge in [-0.1, -0.05) is 0 Å². The van der Waals surface area contributed by atoms with Gasteiger partial charge in [-0.3, -0.25) is 0 Å². The Hall–Kier alpha value is -2.93. The van der Waals surface area contributed by atoms with Crippen LogP contribution < -0.4 is 9.47 Å². The Bertz CT molecular complexity index is 911. The van der Waals surface area contributed by atoms with E-state index in [0.29, 0.717) is 17.2 Å². The molecule has 0 spiro atoms. The highest BCUT2D eigenvalue weighted by atomic mass is 32.1. The predicted molar refractivity (Wildman–Crippen MR) is 100 cm³/mol. The monoisotopic (exact) mass is 354 g/mol. The van der Waals surface area contributed by atoms with Crippen molar-refractivity contribution in [2.45, 2.75) is 6.92 Å².